The van der Waals surface area contributed by atoms with Gasteiger partial charge in [-0.1, -0.05) is 59.4 Å². The third kappa shape index (κ3) is 4.96. The number of aliphatic hydroxyl groups is 1. The van der Waals surface area contributed by atoms with E-state index in [9.17, 15) is 19.1 Å². The van der Waals surface area contributed by atoms with Gasteiger partial charge in [-0.15, -0.1) is 10.2 Å². The molecule has 1 aliphatic rings. The third-order valence-electron chi connectivity index (χ3n) is 4.69. The maximum Gasteiger partial charge on any atom is 0.301 e. The van der Waals surface area contributed by atoms with E-state index in [1.54, 1.807) is 37.3 Å². The highest BCUT2D eigenvalue weighted by Gasteiger charge is 2.49. The Morgan fingerprint density at radius 1 is 1.03 bits per heavy atom. The van der Waals surface area contributed by atoms with Gasteiger partial charge in [0.05, 0.1) is 5.57 Å². The van der Waals surface area contributed by atoms with Crippen LogP contribution in [-0.2, 0) is 14.4 Å². The largest absolute Gasteiger partial charge is 0.507 e. The zero-order chi connectivity index (χ0) is 24.3. The summed E-state index contributed by atoms with van der Waals surface area (Å²) >= 11 is 1.11. The second kappa shape index (κ2) is 9.70. The summed E-state index contributed by atoms with van der Waals surface area (Å²) in [4.78, 5) is 35.9. The molecule has 1 aliphatic heterocycles. The second-order valence-corrected chi connectivity index (χ2v) is 8.34. The molecule has 1 saturated heterocycles. The Balaban J connectivity index is 0.000000709. The van der Waals surface area contributed by atoms with Crippen LogP contribution >= 0.6 is 11.3 Å². The van der Waals surface area contributed by atoms with Crippen LogP contribution in [0.15, 0.2) is 54.1 Å². The van der Waals surface area contributed by atoms with Crippen molar-refractivity contribution in [2.75, 3.05) is 4.90 Å². The molecule has 0 radical (unpaired) electrons. The van der Waals surface area contributed by atoms with Crippen molar-refractivity contribution in [1.29, 1.82) is 0 Å². The molecule has 1 unspecified atom stereocenters. The topological polar surface area (TPSA) is 121 Å². The summed E-state index contributed by atoms with van der Waals surface area (Å²) in [6, 6.07) is 11.5. The van der Waals surface area contributed by atoms with Crippen molar-refractivity contribution in [1.82, 2.24) is 10.2 Å². The number of nitrogens with zero attached hydrogens (tertiary/aromatic N) is 3. The first-order chi connectivity index (χ1) is 15.6. The molecule has 2 aromatic carbocycles. The number of benzene rings is 2. The van der Waals surface area contributed by atoms with E-state index in [4.69, 9.17) is 9.90 Å². The summed E-state index contributed by atoms with van der Waals surface area (Å²) < 4.78 is 14.7. The summed E-state index contributed by atoms with van der Waals surface area (Å²) in [6.07, 6.45) is 0. The number of Topliss-reactive ketones (excluding diaryl/α,β-unsaturated/α-hetero) is 1. The van der Waals surface area contributed by atoms with Gasteiger partial charge in [-0.25, -0.2) is 4.39 Å². The van der Waals surface area contributed by atoms with Gasteiger partial charge in [-0.05, 0) is 19.9 Å². The van der Waals surface area contributed by atoms with Crippen LogP contribution in [0.3, 0.4) is 0 Å². The predicted octanol–water partition coefficient (Wildman–Crippen LogP) is 4.01. The summed E-state index contributed by atoms with van der Waals surface area (Å²) in [5.74, 6) is -3.58. The first-order valence-corrected chi connectivity index (χ1v) is 10.6. The summed E-state index contributed by atoms with van der Waals surface area (Å²) in [5.41, 5.74) is 1.24. The fourth-order valence-electron chi connectivity index (χ4n) is 3.27. The number of carboxylic acids is 1. The van der Waals surface area contributed by atoms with Crippen LogP contribution < -0.4 is 4.90 Å². The summed E-state index contributed by atoms with van der Waals surface area (Å²) in [7, 11) is 0. The number of carboxylic acid groups (broad SMARTS) is 1. The minimum absolute atomic E-state index is 0.0909. The van der Waals surface area contributed by atoms with E-state index in [0.29, 0.717) is 10.6 Å². The van der Waals surface area contributed by atoms with E-state index in [-0.39, 0.29) is 22.0 Å². The van der Waals surface area contributed by atoms with Crippen molar-refractivity contribution in [2.24, 2.45) is 0 Å². The van der Waals surface area contributed by atoms with Crippen molar-refractivity contribution >= 4 is 39.9 Å². The minimum atomic E-state index is -1.15. The number of ketones is 1. The van der Waals surface area contributed by atoms with E-state index < -0.39 is 29.5 Å². The number of hydrogen-bond acceptors (Lipinski definition) is 7. The van der Waals surface area contributed by atoms with Crippen molar-refractivity contribution < 1.29 is 29.0 Å². The van der Waals surface area contributed by atoms with E-state index in [2.05, 4.69) is 10.2 Å². The van der Waals surface area contributed by atoms with Gasteiger partial charge in [0.2, 0.25) is 5.13 Å². The molecule has 1 amide bonds. The molecule has 1 atom stereocenters. The molecule has 10 heteroatoms. The number of carbonyl (C=O) groups excluding carboxylic acids is 2. The molecule has 2 heterocycles. The van der Waals surface area contributed by atoms with Crippen LogP contribution in [0, 0.1) is 19.7 Å². The lowest BCUT2D eigenvalue weighted by atomic mass is 9.95. The van der Waals surface area contributed by atoms with Gasteiger partial charge in [-0.3, -0.25) is 19.3 Å². The van der Waals surface area contributed by atoms with E-state index in [1.165, 1.54) is 18.2 Å². The van der Waals surface area contributed by atoms with Gasteiger partial charge in [-0.2, -0.15) is 0 Å². The highest BCUT2D eigenvalue weighted by Crippen LogP contribution is 2.43. The number of hydrogen-bond donors (Lipinski definition) is 2. The Morgan fingerprint density at radius 2 is 1.64 bits per heavy atom. The van der Waals surface area contributed by atoms with E-state index in [0.717, 1.165) is 28.7 Å². The average molecular weight is 469 g/mol. The van der Waals surface area contributed by atoms with Crippen LogP contribution in [0.4, 0.5) is 9.52 Å². The fraction of sp³-hybridized carbons (Fsp3) is 0.174. The van der Waals surface area contributed by atoms with Crippen LogP contribution in [0.25, 0.3) is 5.76 Å². The fourth-order valence-corrected chi connectivity index (χ4v) is 3.99. The molecular formula is C23H20FN3O5S. The molecule has 170 valence electrons. The molecular weight excluding hydrogens is 449 g/mol. The lowest BCUT2D eigenvalue weighted by Gasteiger charge is -2.22. The molecule has 8 nitrogen and oxygen atoms in total. The van der Waals surface area contributed by atoms with Crippen molar-refractivity contribution in [2.45, 2.75) is 26.8 Å². The van der Waals surface area contributed by atoms with Gasteiger partial charge < -0.3 is 10.2 Å². The second-order valence-electron chi connectivity index (χ2n) is 7.18. The molecule has 1 aromatic heterocycles. The van der Waals surface area contributed by atoms with Gasteiger partial charge in [0.15, 0.2) is 0 Å². The monoisotopic (exact) mass is 469 g/mol. The number of aromatic nitrogens is 2. The Hall–Kier alpha value is -3.92. The van der Waals surface area contributed by atoms with E-state index >= 15 is 0 Å². The quantitative estimate of drug-likeness (QED) is 0.338. The van der Waals surface area contributed by atoms with Crippen LogP contribution in [-0.4, -0.2) is 38.1 Å². The maximum atomic E-state index is 14.7. The smallest absolute Gasteiger partial charge is 0.301 e. The Kier molecular flexibility index (Phi) is 6.98. The SMILES string of the molecule is CC(=O)O.Cc1ccc(/C(O)=C2\C(=O)C(=O)N(c3nnc(C)s3)C2c2ccccc2F)cc1. The first-order valence-electron chi connectivity index (χ1n) is 9.74. The van der Waals surface area contributed by atoms with Crippen LogP contribution in [0.2, 0.25) is 0 Å². The molecule has 0 aliphatic carbocycles. The van der Waals surface area contributed by atoms with Crippen LogP contribution in [0.1, 0.15) is 34.7 Å². The minimum Gasteiger partial charge on any atom is -0.507 e. The highest BCUT2D eigenvalue weighted by molar-refractivity contribution is 7.15. The first kappa shape index (κ1) is 23.7. The highest BCUT2D eigenvalue weighted by atomic mass is 32.1. The average Bonchev–Trinajstić information content (AvgIpc) is 3.29. The number of amides is 1. The molecule has 0 spiro atoms. The Bertz CT molecular complexity index is 1250. The van der Waals surface area contributed by atoms with Crippen molar-refractivity contribution in [3.05, 3.63) is 81.6 Å². The third-order valence-corrected chi connectivity index (χ3v) is 5.53. The standard InChI is InChI=1S/C21H16FN3O3S.C2H4O2/c1-11-7-9-13(10-8-11)18(26)16-17(14-5-3-4-6-15(14)22)25(20(28)19(16)27)21-24-23-12(2)29-21;1-2(3)4/h3-10,17,26H,1-2H3;1H3,(H,3,4)/b18-16+;. The molecule has 33 heavy (non-hydrogen) atoms. The van der Waals surface area contributed by atoms with Gasteiger partial charge >= 0.3 is 5.91 Å². The molecule has 3 aromatic rings. The molecule has 1 fully saturated rings. The number of carbonyl (C=O) groups is 3. The van der Waals surface area contributed by atoms with Crippen molar-refractivity contribution in [3.63, 3.8) is 0 Å². The molecule has 0 bridgehead atoms. The van der Waals surface area contributed by atoms with E-state index in [1.807, 2.05) is 6.92 Å². The molecule has 4 rings (SSSR count). The number of aliphatic carboxylic acids is 1. The summed E-state index contributed by atoms with van der Waals surface area (Å²) in [5, 5.41) is 27.0. The number of anilines is 1. The van der Waals surface area contributed by atoms with Crippen LogP contribution in [0.5, 0.6) is 0 Å². The lowest BCUT2D eigenvalue weighted by Crippen LogP contribution is -2.29. The maximum absolute atomic E-state index is 14.7. The number of rotatable bonds is 3. The Morgan fingerprint density at radius 3 is 2.18 bits per heavy atom. The van der Waals surface area contributed by atoms with Gasteiger partial charge in [0.1, 0.15) is 22.6 Å². The van der Waals surface area contributed by atoms with Crippen molar-refractivity contribution in [3.8, 4) is 0 Å². The Labute approximate surface area is 192 Å². The van der Waals surface area contributed by atoms with Gasteiger partial charge in [0.25, 0.3) is 11.8 Å². The normalized spacial score (nSPS) is 17.0. The zero-order valence-corrected chi connectivity index (χ0v) is 18.8. The number of halogens is 1. The lowest BCUT2D eigenvalue weighted by molar-refractivity contribution is -0.134. The zero-order valence-electron chi connectivity index (χ0n) is 17.9. The van der Waals surface area contributed by atoms with Gasteiger partial charge in [0, 0.05) is 18.1 Å². The molecule has 2 N–H and O–H groups in total. The number of aliphatic hydroxyl groups excluding tert-OH is 1. The number of aryl methyl sites for hydroxylation is 2. The predicted molar refractivity (Wildman–Crippen MR) is 120 cm³/mol. The summed E-state index contributed by atoms with van der Waals surface area (Å²) in [6.45, 7) is 4.68. The molecule has 0 saturated carbocycles.